The van der Waals surface area contributed by atoms with E-state index in [0.29, 0.717) is 0 Å². The van der Waals surface area contributed by atoms with Gasteiger partial charge in [0.15, 0.2) is 0 Å². The van der Waals surface area contributed by atoms with Gasteiger partial charge in [0.25, 0.3) is 5.91 Å². The molecule has 0 aliphatic carbocycles. The van der Waals surface area contributed by atoms with Gasteiger partial charge in [-0.2, -0.15) is 0 Å². The molecule has 32 heavy (non-hydrogen) atoms. The molecule has 1 atom stereocenters. The Morgan fingerprint density at radius 3 is 2.97 bits per heavy atom. The number of carbonyl (C=O) groups excluding carboxylic acids is 1. The van der Waals surface area contributed by atoms with E-state index in [1.807, 2.05) is 31.6 Å². The lowest BCUT2D eigenvalue weighted by atomic mass is 10.0. The van der Waals surface area contributed by atoms with E-state index < -0.39 is 0 Å². The number of nitrogens with one attached hydrogen (secondary N) is 4. The van der Waals surface area contributed by atoms with Crippen LogP contribution in [0.3, 0.4) is 0 Å². The molecule has 4 aromatic rings. The SMILES string of the molecule is CCCCC(Cc1c[nH]c2ccncc12)NC(=O)c1cc2ccc(NCCNC)cc2s1. The van der Waals surface area contributed by atoms with Crippen LogP contribution in [0.4, 0.5) is 5.69 Å². The highest BCUT2D eigenvalue weighted by molar-refractivity contribution is 7.20. The van der Waals surface area contributed by atoms with Gasteiger partial charge in [0.05, 0.1) is 4.88 Å². The molecule has 6 nitrogen and oxygen atoms in total. The number of hydrogen-bond donors (Lipinski definition) is 4. The first kappa shape index (κ1) is 22.3. The number of anilines is 1. The standard InChI is InChI=1S/C25H31N5OS/c1-3-4-5-20(12-18-15-29-22-8-9-27-16-21(18)22)30-25(31)24-13-17-6-7-19(14-23(17)32-24)28-11-10-26-2/h6-9,13-16,20,26,28-29H,3-5,10-12H2,1-2H3,(H,30,31). The molecule has 0 spiro atoms. The van der Waals surface area contributed by atoms with Crippen molar-refractivity contribution in [3.8, 4) is 0 Å². The number of likely N-dealkylation sites (N-methyl/N-ethyl adjacent to an activating group) is 1. The monoisotopic (exact) mass is 449 g/mol. The van der Waals surface area contributed by atoms with Crippen molar-refractivity contribution in [2.45, 2.75) is 38.6 Å². The number of carbonyl (C=O) groups is 1. The van der Waals surface area contributed by atoms with Crippen LogP contribution in [0.2, 0.25) is 0 Å². The van der Waals surface area contributed by atoms with Crippen LogP contribution in [0.25, 0.3) is 21.0 Å². The summed E-state index contributed by atoms with van der Waals surface area (Å²) in [5, 5.41) is 12.1. The van der Waals surface area contributed by atoms with Gasteiger partial charge in [0, 0.05) is 59.0 Å². The summed E-state index contributed by atoms with van der Waals surface area (Å²) in [4.78, 5) is 21.5. The van der Waals surface area contributed by atoms with Crippen LogP contribution in [-0.2, 0) is 6.42 Å². The third-order valence-electron chi connectivity index (χ3n) is 5.72. The molecular weight excluding hydrogens is 418 g/mol. The molecule has 1 aromatic carbocycles. The second kappa shape index (κ2) is 10.6. The number of hydrogen-bond acceptors (Lipinski definition) is 5. The van der Waals surface area contributed by atoms with Crippen molar-refractivity contribution in [3.05, 3.63) is 59.4 Å². The normalized spacial score (nSPS) is 12.3. The van der Waals surface area contributed by atoms with Crippen LogP contribution in [0, 0.1) is 0 Å². The van der Waals surface area contributed by atoms with Crippen molar-refractivity contribution >= 4 is 43.9 Å². The lowest BCUT2D eigenvalue weighted by Gasteiger charge is -2.18. The number of pyridine rings is 1. The number of benzene rings is 1. The summed E-state index contributed by atoms with van der Waals surface area (Å²) >= 11 is 1.55. The topological polar surface area (TPSA) is 81.8 Å². The Balaban J connectivity index is 1.48. The Bertz CT molecular complexity index is 1180. The molecule has 168 valence electrons. The summed E-state index contributed by atoms with van der Waals surface area (Å²) in [6.07, 6.45) is 9.67. The van der Waals surface area contributed by atoms with E-state index in [2.05, 4.69) is 51.0 Å². The molecule has 4 rings (SSSR count). The Morgan fingerprint density at radius 2 is 2.12 bits per heavy atom. The van der Waals surface area contributed by atoms with Crippen molar-refractivity contribution in [3.63, 3.8) is 0 Å². The molecular formula is C25H31N5OS. The molecule has 0 saturated carbocycles. The number of nitrogens with zero attached hydrogens (tertiary/aromatic N) is 1. The minimum Gasteiger partial charge on any atom is -0.384 e. The minimum absolute atomic E-state index is 0.00922. The predicted octanol–water partition coefficient (Wildman–Crippen LogP) is 4.94. The zero-order chi connectivity index (χ0) is 22.3. The largest absolute Gasteiger partial charge is 0.384 e. The summed E-state index contributed by atoms with van der Waals surface area (Å²) in [7, 11) is 1.94. The highest BCUT2D eigenvalue weighted by atomic mass is 32.1. The number of amides is 1. The zero-order valence-corrected chi connectivity index (χ0v) is 19.5. The molecule has 0 aliphatic rings. The molecule has 1 amide bonds. The van der Waals surface area contributed by atoms with E-state index in [-0.39, 0.29) is 11.9 Å². The quantitative estimate of drug-likeness (QED) is 0.245. The maximum atomic E-state index is 13.1. The van der Waals surface area contributed by atoms with Gasteiger partial charge in [0.2, 0.25) is 0 Å². The Hall–Kier alpha value is -2.90. The average molecular weight is 450 g/mol. The van der Waals surface area contributed by atoms with E-state index >= 15 is 0 Å². The number of unbranched alkanes of at least 4 members (excludes halogenated alkanes) is 1. The molecule has 3 heterocycles. The van der Waals surface area contributed by atoms with Crippen LogP contribution >= 0.6 is 11.3 Å². The third-order valence-corrected chi connectivity index (χ3v) is 6.82. The van der Waals surface area contributed by atoms with Crippen LogP contribution in [0.5, 0.6) is 0 Å². The summed E-state index contributed by atoms with van der Waals surface area (Å²) in [6, 6.07) is 10.3. The first-order valence-electron chi connectivity index (χ1n) is 11.3. The number of aromatic amines is 1. The van der Waals surface area contributed by atoms with Crippen molar-refractivity contribution in [1.82, 2.24) is 20.6 Å². The van der Waals surface area contributed by atoms with E-state index in [4.69, 9.17) is 0 Å². The van der Waals surface area contributed by atoms with E-state index in [1.165, 1.54) is 5.56 Å². The second-order valence-corrected chi connectivity index (χ2v) is 9.23. The summed E-state index contributed by atoms with van der Waals surface area (Å²) in [5.74, 6) is 0.00922. The first-order valence-corrected chi connectivity index (χ1v) is 12.1. The van der Waals surface area contributed by atoms with Crippen LogP contribution in [-0.4, -0.2) is 42.1 Å². The fraction of sp³-hybridized carbons (Fsp3) is 0.360. The fourth-order valence-corrected chi connectivity index (χ4v) is 4.98. The molecule has 0 radical (unpaired) electrons. The van der Waals surface area contributed by atoms with Crippen LogP contribution in [0.1, 0.15) is 41.4 Å². The van der Waals surface area contributed by atoms with Crippen molar-refractivity contribution in [1.29, 1.82) is 0 Å². The number of rotatable bonds is 11. The lowest BCUT2D eigenvalue weighted by molar-refractivity contribution is 0.0938. The predicted molar refractivity (Wildman–Crippen MR) is 135 cm³/mol. The Morgan fingerprint density at radius 1 is 1.22 bits per heavy atom. The number of aromatic nitrogens is 2. The number of H-pyrrole nitrogens is 1. The Labute approximate surface area is 192 Å². The molecule has 0 aliphatic heterocycles. The smallest absolute Gasteiger partial charge is 0.261 e. The summed E-state index contributed by atoms with van der Waals surface area (Å²) < 4.78 is 1.12. The highest BCUT2D eigenvalue weighted by Crippen LogP contribution is 2.29. The van der Waals surface area contributed by atoms with Crippen molar-refractivity contribution in [2.24, 2.45) is 0 Å². The molecule has 1 unspecified atom stereocenters. The average Bonchev–Trinajstić information content (AvgIpc) is 3.42. The van der Waals surface area contributed by atoms with Gasteiger partial charge >= 0.3 is 0 Å². The maximum Gasteiger partial charge on any atom is 0.261 e. The van der Waals surface area contributed by atoms with Crippen LogP contribution < -0.4 is 16.0 Å². The van der Waals surface area contributed by atoms with Crippen LogP contribution in [0.15, 0.2) is 48.9 Å². The fourth-order valence-electron chi connectivity index (χ4n) is 3.97. The summed E-state index contributed by atoms with van der Waals surface area (Å²) in [6.45, 7) is 3.95. The van der Waals surface area contributed by atoms with Gasteiger partial charge in [-0.15, -0.1) is 11.3 Å². The van der Waals surface area contributed by atoms with E-state index in [1.54, 1.807) is 17.5 Å². The second-order valence-electron chi connectivity index (χ2n) is 8.15. The molecule has 0 saturated heterocycles. The zero-order valence-electron chi connectivity index (χ0n) is 18.7. The maximum absolute atomic E-state index is 13.1. The van der Waals surface area contributed by atoms with Gasteiger partial charge < -0.3 is 20.9 Å². The van der Waals surface area contributed by atoms with Gasteiger partial charge in [-0.1, -0.05) is 25.8 Å². The number of fused-ring (bicyclic) bond motifs is 2. The van der Waals surface area contributed by atoms with Gasteiger partial charge in [-0.05, 0) is 55.1 Å². The third kappa shape index (κ3) is 5.29. The van der Waals surface area contributed by atoms with Crippen molar-refractivity contribution in [2.75, 3.05) is 25.5 Å². The molecule has 3 aromatic heterocycles. The summed E-state index contributed by atoms with van der Waals surface area (Å²) in [5.41, 5.74) is 3.36. The highest BCUT2D eigenvalue weighted by Gasteiger charge is 2.18. The van der Waals surface area contributed by atoms with Gasteiger partial charge in [-0.3, -0.25) is 9.78 Å². The van der Waals surface area contributed by atoms with Crippen molar-refractivity contribution < 1.29 is 4.79 Å². The molecule has 0 bridgehead atoms. The molecule has 7 heteroatoms. The Kier molecular flexibility index (Phi) is 7.39. The van der Waals surface area contributed by atoms with E-state index in [9.17, 15) is 4.79 Å². The molecule has 0 fully saturated rings. The minimum atomic E-state index is 0.00922. The first-order chi connectivity index (χ1) is 15.7. The van der Waals surface area contributed by atoms with Gasteiger partial charge in [-0.25, -0.2) is 0 Å². The number of thiophene rings is 1. The van der Waals surface area contributed by atoms with E-state index in [0.717, 1.165) is 70.3 Å². The molecule has 4 N–H and O–H groups in total. The lowest BCUT2D eigenvalue weighted by Crippen LogP contribution is -2.36. The van der Waals surface area contributed by atoms with Gasteiger partial charge in [0.1, 0.15) is 0 Å².